The standard InChI is InChI=1S/C15H11BrN2O/c16-13-6-11(8-17-9-13)10-19-14-4-3-12-2-1-5-18-15(12)7-14/h1-9H,10H2. The van der Waals surface area contributed by atoms with Crippen molar-refractivity contribution in [1.82, 2.24) is 9.97 Å². The Morgan fingerprint density at radius 2 is 2.05 bits per heavy atom. The van der Waals surface area contributed by atoms with Crippen LogP contribution in [0.15, 0.2) is 59.5 Å². The van der Waals surface area contributed by atoms with Crippen LogP contribution in [-0.4, -0.2) is 9.97 Å². The van der Waals surface area contributed by atoms with E-state index in [-0.39, 0.29) is 0 Å². The van der Waals surface area contributed by atoms with Gasteiger partial charge in [0.15, 0.2) is 0 Å². The molecule has 0 bridgehead atoms. The summed E-state index contributed by atoms with van der Waals surface area (Å²) in [5.41, 5.74) is 1.96. The van der Waals surface area contributed by atoms with Crippen LogP contribution < -0.4 is 4.74 Å². The number of aromatic nitrogens is 2. The summed E-state index contributed by atoms with van der Waals surface area (Å²) in [6, 6.07) is 11.9. The van der Waals surface area contributed by atoms with Gasteiger partial charge in [-0.1, -0.05) is 6.07 Å². The number of nitrogens with zero attached hydrogens (tertiary/aromatic N) is 2. The van der Waals surface area contributed by atoms with Crippen molar-refractivity contribution < 1.29 is 4.74 Å². The molecule has 0 aliphatic rings. The van der Waals surface area contributed by atoms with Crippen LogP contribution in [0, 0.1) is 0 Å². The highest BCUT2D eigenvalue weighted by atomic mass is 79.9. The van der Waals surface area contributed by atoms with E-state index in [2.05, 4.69) is 25.9 Å². The fourth-order valence-corrected chi connectivity index (χ4v) is 2.25. The molecular weight excluding hydrogens is 304 g/mol. The number of halogens is 1. The molecule has 0 aliphatic carbocycles. The molecule has 0 fully saturated rings. The van der Waals surface area contributed by atoms with Crippen LogP contribution in [0.1, 0.15) is 5.56 Å². The second-order valence-electron chi connectivity index (χ2n) is 4.16. The summed E-state index contributed by atoms with van der Waals surface area (Å²) in [7, 11) is 0. The minimum absolute atomic E-state index is 0.491. The largest absolute Gasteiger partial charge is 0.489 e. The molecule has 1 aromatic carbocycles. The monoisotopic (exact) mass is 314 g/mol. The van der Waals surface area contributed by atoms with Crippen molar-refractivity contribution in [3.63, 3.8) is 0 Å². The third kappa shape index (κ3) is 2.90. The normalized spacial score (nSPS) is 10.6. The molecule has 2 aromatic heterocycles. The Balaban J connectivity index is 1.78. The van der Waals surface area contributed by atoms with Gasteiger partial charge < -0.3 is 4.74 Å². The lowest BCUT2D eigenvalue weighted by Gasteiger charge is -2.07. The van der Waals surface area contributed by atoms with Gasteiger partial charge in [0, 0.05) is 40.1 Å². The van der Waals surface area contributed by atoms with Gasteiger partial charge in [0.05, 0.1) is 5.52 Å². The maximum absolute atomic E-state index is 5.75. The summed E-state index contributed by atoms with van der Waals surface area (Å²) < 4.78 is 6.71. The van der Waals surface area contributed by atoms with E-state index in [1.165, 1.54) is 0 Å². The van der Waals surface area contributed by atoms with E-state index in [1.54, 1.807) is 18.6 Å². The van der Waals surface area contributed by atoms with Gasteiger partial charge in [-0.15, -0.1) is 0 Å². The Hall–Kier alpha value is -1.94. The van der Waals surface area contributed by atoms with Crippen LogP contribution in [0.3, 0.4) is 0 Å². The Bertz CT molecular complexity index is 715. The van der Waals surface area contributed by atoms with Crippen molar-refractivity contribution in [2.45, 2.75) is 6.61 Å². The maximum Gasteiger partial charge on any atom is 0.122 e. The van der Waals surface area contributed by atoms with Gasteiger partial charge in [0.2, 0.25) is 0 Å². The highest BCUT2D eigenvalue weighted by Crippen LogP contribution is 2.20. The van der Waals surface area contributed by atoms with Crippen LogP contribution in [0.4, 0.5) is 0 Å². The van der Waals surface area contributed by atoms with Gasteiger partial charge in [-0.3, -0.25) is 9.97 Å². The van der Waals surface area contributed by atoms with Crippen molar-refractivity contribution in [1.29, 1.82) is 0 Å². The summed E-state index contributed by atoms with van der Waals surface area (Å²) >= 11 is 3.39. The first kappa shape index (κ1) is 12.1. The zero-order chi connectivity index (χ0) is 13.1. The van der Waals surface area contributed by atoms with Gasteiger partial charge in [-0.25, -0.2) is 0 Å². The fraction of sp³-hybridized carbons (Fsp3) is 0.0667. The SMILES string of the molecule is Brc1cncc(COc2ccc3cccnc3c2)c1. The molecule has 2 heterocycles. The minimum Gasteiger partial charge on any atom is -0.489 e. The van der Waals surface area contributed by atoms with E-state index in [9.17, 15) is 0 Å². The molecule has 0 amide bonds. The third-order valence-corrected chi connectivity index (χ3v) is 3.18. The van der Waals surface area contributed by atoms with Crippen molar-refractivity contribution in [2.75, 3.05) is 0 Å². The summed E-state index contributed by atoms with van der Waals surface area (Å²) in [5, 5.41) is 1.11. The summed E-state index contributed by atoms with van der Waals surface area (Å²) in [4.78, 5) is 8.42. The van der Waals surface area contributed by atoms with E-state index in [0.717, 1.165) is 26.7 Å². The molecule has 0 radical (unpaired) electrons. The summed E-state index contributed by atoms with van der Waals surface area (Å²) in [5.74, 6) is 0.811. The average Bonchev–Trinajstić information content (AvgIpc) is 2.45. The first-order valence-electron chi connectivity index (χ1n) is 5.88. The van der Waals surface area contributed by atoms with Crippen LogP contribution in [0.25, 0.3) is 10.9 Å². The number of pyridine rings is 2. The van der Waals surface area contributed by atoms with Gasteiger partial charge in [-0.05, 0) is 40.2 Å². The Morgan fingerprint density at radius 1 is 1.11 bits per heavy atom. The number of rotatable bonds is 3. The predicted octanol–water partition coefficient (Wildman–Crippen LogP) is 3.97. The Morgan fingerprint density at radius 3 is 2.95 bits per heavy atom. The lowest BCUT2D eigenvalue weighted by atomic mass is 10.2. The highest BCUT2D eigenvalue weighted by Gasteiger charge is 2.00. The van der Waals surface area contributed by atoms with Crippen LogP contribution in [0.5, 0.6) is 5.75 Å². The lowest BCUT2D eigenvalue weighted by Crippen LogP contribution is -1.96. The van der Waals surface area contributed by atoms with E-state index in [1.807, 2.05) is 36.4 Å². The molecule has 0 unspecified atom stereocenters. The number of ether oxygens (including phenoxy) is 1. The molecular formula is C15H11BrN2O. The molecule has 94 valence electrons. The molecule has 3 rings (SSSR count). The molecule has 0 saturated carbocycles. The van der Waals surface area contributed by atoms with E-state index in [0.29, 0.717) is 6.61 Å². The van der Waals surface area contributed by atoms with Crippen molar-refractivity contribution in [3.8, 4) is 5.75 Å². The zero-order valence-corrected chi connectivity index (χ0v) is 11.7. The summed E-state index contributed by atoms with van der Waals surface area (Å²) in [6.45, 7) is 0.491. The molecule has 0 saturated heterocycles. The first-order valence-corrected chi connectivity index (χ1v) is 6.67. The van der Waals surface area contributed by atoms with Crippen molar-refractivity contribution in [3.05, 3.63) is 65.0 Å². The van der Waals surface area contributed by atoms with Crippen LogP contribution >= 0.6 is 15.9 Å². The zero-order valence-electron chi connectivity index (χ0n) is 10.1. The predicted molar refractivity (Wildman–Crippen MR) is 78.0 cm³/mol. The smallest absolute Gasteiger partial charge is 0.122 e. The van der Waals surface area contributed by atoms with Gasteiger partial charge in [0.25, 0.3) is 0 Å². The molecule has 0 spiro atoms. The van der Waals surface area contributed by atoms with Crippen LogP contribution in [-0.2, 0) is 6.61 Å². The minimum atomic E-state index is 0.491. The molecule has 0 aliphatic heterocycles. The number of fused-ring (bicyclic) bond motifs is 1. The van der Waals surface area contributed by atoms with Gasteiger partial charge in [-0.2, -0.15) is 0 Å². The third-order valence-electron chi connectivity index (χ3n) is 2.74. The molecule has 4 heteroatoms. The second kappa shape index (κ2) is 5.36. The lowest BCUT2D eigenvalue weighted by molar-refractivity contribution is 0.306. The molecule has 3 aromatic rings. The molecule has 19 heavy (non-hydrogen) atoms. The highest BCUT2D eigenvalue weighted by molar-refractivity contribution is 9.10. The molecule has 0 N–H and O–H groups in total. The van der Waals surface area contributed by atoms with E-state index in [4.69, 9.17) is 4.74 Å². The number of hydrogen-bond donors (Lipinski definition) is 0. The average molecular weight is 315 g/mol. The molecule has 3 nitrogen and oxygen atoms in total. The fourth-order valence-electron chi connectivity index (χ4n) is 1.84. The Kier molecular flexibility index (Phi) is 3.42. The van der Waals surface area contributed by atoms with E-state index < -0.39 is 0 Å². The number of benzene rings is 1. The summed E-state index contributed by atoms with van der Waals surface area (Å²) in [6.07, 6.45) is 5.33. The topological polar surface area (TPSA) is 35.0 Å². The Labute approximate surface area is 119 Å². The number of hydrogen-bond acceptors (Lipinski definition) is 3. The quantitative estimate of drug-likeness (QED) is 0.733. The van der Waals surface area contributed by atoms with E-state index >= 15 is 0 Å². The van der Waals surface area contributed by atoms with Crippen LogP contribution in [0.2, 0.25) is 0 Å². The van der Waals surface area contributed by atoms with Gasteiger partial charge in [0.1, 0.15) is 12.4 Å². The second-order valence-corrected chi connectivity index (χ2v) is 5.07. The van der Waals surface area contributed by atoms with Gasteiger partial charge >= 0.3 is 0 Å². The maximum atomic E-state index is 5.75. The molecule has 0 atom stereocenters. The van der Waals surface area contributed by atoms with Crippen molar-refractivity contribution >= 4 is 26.8 Å². The van der Waals surface area contributed by atoms with Crippen molar-refractivity contribution in [2.24, 2.45) is 0 Å². The first-order chi connectivity index (χ1) is 9.31.